The van der Waals surface area contributed by atoms with Crippen molar-refractivity contribution in [2.24, 2.45) is 11.7 Å². The number of aromatic nitrogens is 1. The Hall–Kier alpha value is -1.46. The molecule has 0 aliphatic carbocycles. The number of hydrogen-bond donors (Lipinski definition) is 1. The summed E-state index contributed by atoms with van der Waals surface area (Å²) in [6.45, 7) is 4.74. The first-order chi connectivity index (χ1) is 10.1. The van der Waals surface area contributed by atoms with Crippen LogP contribution in [0.2, 0.25) is 0 Å². The lowest BCUT2D eigenvalue weighted by molar-refractivity contribution is -0.121. The molecule has 1 aliphatic heterocycles. The van der Waals surface area contributed by atoms with Gasteiger partial charge in [0.2, 0.25) is 5.91 Å². The van der Waals surface area contributed by atoms with Gasteiger partial charge in [-0.15, -0.1) is 11.3 Å². The summed E-state index contributed by atoms with van der Waals surface area (Å²) in [5.74, 6) is 0.287. The first kappa shape index (κ1) is 14.5. The Balaban J connectivity index is 1.61. The van der Waals surface area contributed by atoms with E-state index in [1.807, 2.05) is 24.3 Å². The van der Waals surface area contributed by atoms with E-state index in [4.69, 9.17) is 10.7 Å². The van der Waals surface area contributed by atoms with E-state index in [1.54, 1.807) is 0 Å². The van der Waals surface area contributed by atoms with Crippen LogP contribution in [0.15, 0.2) is 24.3 Å². The van der Waals surface area contributed by atoms with Gasteiger partial charge in [-0.1, -0.05) is 19.1 Å². The minimum Gasteiger partial charge on any atom is -0.369 e. The number of hydrogen-bond acceptors (Lipinski definition) is 4. The lowest BCUT2D eigenvalue weighted by Gasteiger charge is -2.32. The number of thiazole rings is 1. The van der Waals surface area contributed by atoms with Crippen LogP contribution in [0.3, 0.4) is 0 Å². The number of carbonyl (C=O) groups is 1. The molecule has 2 heterocycles. The molecule has 112 valence electrons. The molecule has 0 saturated carbocycles. The highest BCUT2D eigenvalue weighted by Gasteiger charge is 2.24. The van der Waals surface area contributed by atoms with Gasteiger partial charge >= 0.3 is 0 Å². The van der Waals surface area contributed by atoms with Crippen LogP contribution >= 0.6 is 11.3 Å². The number of likely N-dealkylation sites (tertiary alicyclic amines) is 1. The second-order valence-electron chi connectivity index (χ2n) is 5.90. The molecule has 2 aromatic rings. The molecule has 0 bridgehead atoms. The van der Waals surface area contributed by atoms with E-state index < -0.39 is 0 Å². The van der Waals surface area contributed by atoms with Crippen molar-refractivity contribution in [3.63, 3.8) is 0 Å². The summed E-state index contributed by atoms with van der Waals surface area (Å²) in [6, 6.07) is 8.33. The Morgan fingerprint density at radius 3 is 2.81 bits per heavy atom. The third-order valence-corrected chi connectivity index (χ3v) is 5.46. The predicted octanol–water partition coefficient (Wildman–Crippen LogP) is 2.60. The van der Waals surface area contributed by atoms with Crippen molar-refractivity contribution in [2.75, 3.05) is 19.6 Å². The van der Waals surface area contributed by atoms with Crippen molar-refractivity contribution in [1.82, 2.24) is 9.88 Å². The lowest BCUT2D eigenvalue weighted by atomic mass is 9.96. The maximum absolute atomic E-state index is 11.1. The second kappa shape index (κ2) is 6.12. The summed E-state index contributed by atoms with van der Waals surface area (Å²) in [5, 5.41) is 1.26. The summed E-state index contributed by atoms with van der Waals surface area (Å²) >= 11 is 1.82. The molecule has 1 atom stereocenters. The molecular formula is C16H21N3OS. The molecule has 1 aliphatic rings. The normalized spacial score (nSPS) is 18.9. The standard InChI is InChI=1S/C16H21N3OS/c1-11(15(17)20)10-19-8-6-12(7-9-19)16-18-13-4-2-3-5-14(13)21-16/h2-5,11-12H,6-10H2,1H3,(H2,17,20)/t11-/m1/s1. The van der Waals surface area contributed by atoms with Crippen LogP contribution in [0.5, 0.6) is 0 Å². The van der Waals surface area contributed by atoms with E-state index in [2.05, 4.69) is 23.1 Å². The molecule has 2 N–H and O–H groups in total. The Morgan fingerprint density at radius 1 is 1.43 bits per heavy atom. The van der Waals surface area contributed by atoms with Crippen LogP contribution in [0.4, 0.5) is 0 Å². The number of para-hydroxylation sites is 1. The molecule has 1 aromatic heterocycles. The molecule has 1 aromatic carbocycles. The molecular weight excluding hydrogens is 282 g/mol. The van der Waals surface area contributed by atoms with Crippen molar-refractivity contribution in [3.8, 4) is 0 Å². The second-order valence-corrected chi connectivity index (χ2v) is 6.96. The predicted molar refractivity (Wildman–Crippen MR) is 86.4 cm³/mol. The average molecular weight is 303 g/mol. The summed E-state index contributed by atoms with van der Waals surface area (Å²) in [5.41, 5.74) is 6.45. The Morgan fingerprint density at radius 2 is 2.14 bits per heavy atom. The molecule has 4 nitrogen and oxygen atoms in total. The molecule has 3 rings (SSSR count). The molecule has 5 heteroatoms. The van der Waals surface area contributed by atoms with Gasteiger partial charge in [-0.05, 0) is 38.1 Å². The maximum Gasteiger partial charge on any atom is 0.221 e. The molecule has 0 radical (unpaired) electrons. The van der Waals surface area contributed by atoms with Gasteiger partial charge in [-0.25, -0.2) is 4.98 Å². The van der Waals surface area contributed by atoms with E-state index in [0.29, 0.717) is 5.92 Å². The summed E-state index contributed by atoms with van der Waals surface area (Å²) in [7, 11) is 0. The van der Waals surface area contributed by atoms with Gasteiger partial charge in [0.1, 0.15) is 0 Å². The minimum absolute atomic E-state index is 0.0657. The highest BCUT2D eigenvalue weighted by Crippen LogP contribution is 2.33. The van der Waals surface area contributed by atoms with Gasteiger partial charge in [-0.3, -0.25) is 4.79 Å². The third-order valence-electron chi connectivity index (χ3n) is 4.27. The van der Waals surface area contributed by atoms with Crippen LogP contribution in [0.25, 0.3) is 10.2 Å². The van der Waals surface area contributed by atoms with Gasteiger partial charge in [0.25, 0.3) is 0 Å². The first-order valence-corrected chi connectivity index (χ1v) is 8.32. The number of primary amides is 1. The van der Waals surface area contributed by atoms with Crippen LogP contribution in [-0.4, -0.2) is 35.4 Å². The zero-order chi connectivity index (χ0) is 14.8. The number of carbonyl (C=O) groups excluding carboxylic acids is 1. The van der Waals surface area contributed by atoms with Crippen molar-refractivity contribution >= 4 is 27.5 Å². The smallest absolute Gasteiger partial charge is 0.221 e. The van der Waals surface area contributed by atoms with Crippen LogP contribution < -0.4 is 5.73 Å². The van der Waals surface area contributed by atoms with Crippen molar-refractivity contribution in [1.29, 1.82) is 0 Å². The summed E-state index contributed by atoms with van der Waals surface area (Å²) in [6.07, 6.45) is 2.23. The van der Waals surface area contributed by atoms with Crippen molar-refractivity contribution in [3.05, 3.63) is 29.3 Å². The van der Waals surface area contributed by atoms with Crippen molar-refractivity contribution in [2.45, 2.75) is 25.7 Å². The van der Waals surface area contributed by atoms with E-state index in [0.717, 1.165) is 38.0 Å². The highest BCUT2D eigenvalue weighted by atomic mass is 32.1. The van der Waals surface area contributed by atoms with E-state index >= 15 is 0 Å². The van der Waals surface area contributed by atoms with Gasteiger partial charge in [0.05, 0.1) is 15.2 Å². The number of rotatable bonds is 4. The van der Waals surface area contributed by atoms with Gasteiger partial charge < -0.3 is 10.6 Å². The number of nitrogens with two attached hydrogens (primary N) is 1. The van der Waals surface area contributed by atoms with Crippen molar-refractivity contribution < 1.29 is 4.79 Å². The SMILES string of the molecule is C[C@H](CN1CCC(c2nc3ccccc3s2)CC1)C(N)=O. The van der Waals surface area contributed by atoms with E-state index in [9.17, 15) is 4.79 Å². The number of fused-ring (bicyclic) bond motifs is 1. The number of nitrogens with zero attached hydrogens (tertiary/aromatic N) is 2. The largest absolute Gasteiger partial charge is 0.369 e. The third kappa shape index (κ3) is 3.24. The van der Waals surface area contributed by atoms with Gasteiger partial charge in [0.15, 0.2) is 0 Å². The topological polar surface area (TPSA) is 59.2 Å². The van der Waals surface area contributed by atoms with E-state index in [1.165, 1.54) is 9.71 Å². The van der Waals surface area contributed by atoms with Crippen LogP contribution in [0, 0.1) is 5.92 Å². The first-order valence-electron chi connectivity index (χ1n) is 7.50. The highest BCUT2D eigenvalue weighted by molar-refractivity contribution is 7.18. The Bertz CT molecular complexity index is 598. The Kier molecular flexibility index (Phi) is 4.22. The zero-order valence-electron chi connectivity index (χ0n) is 12.3. The number of benzene rings is 1. The molecule has 1 fully saturated rings. The summed E-state index contributed by atoms with van der Waals surface area (Å²) in [4.78, 5) is 18.3. The van der Waals surface area contributed by atoms with Crippen LogP contribution in [0.1, 0.15) is 30.7 Å². The van der Waals surface area contributed by atoms with Crippen LogP contribution in [-0.2, 0) is 4.79 Å². The lowest BCUT2D eigenvalue weighted by Crippen LogP contribution is -2.39. The maximum atomic E-state index is 11.1. The van der Waals surface area contributed by atoms with Gasteiger partial charge in [0, 0.05) is 18.4 Å². The minimum atomic E-state index is -0.205. The van der Waals surface area contributed by atoms with E-state index in [-0.39, 0.29) is 11.8 Å². The number of piperidine rings is 1. The Labute approximate surface area is 129 Å². The molecule has 21 heavy (non-hydrogen) atoms. The molecule has 1 amide bonds. The summed E-state index contributed by atoms with van der Waals surface area (Å²) < 4.78 is 1.28. The number of amides is 1. The fourth-order valence-corrected chi connectivity index (χ4v) is 4.04. The monoisotopic (exact) mass is 303 g/mol. The quantitative estimate of drug-likeness (QED) is 0.944. The fourth-order valence-electron chi connectivity index (χ4n) is 2.90. The molecule has 1 saturated heterocycles. The average Bonchev–Trinajstić information content (AvgIpc) is 2.91. The molecule has 0 spiro atoms. The molecule has 0 unspecified atom stereocenters. The van der Waals surface area contributed by atoms with Gasteiger partial charge in [-0.2, -0.15) is 0 Å². The zero-order valence-corrected chi connectivity index (χ0v) is 13.1. The fraction of sp³-hybridized carbons (Fsp3) is 0.500.